The minimum absolute atomic E-state index is 0.0613. The molecule has 2 N–H and O–H groups in total. The summed E-state index contributed by atoms with van der Waals surface area (Å²) in [5.74, 6) is 0.675. The van der Waals surface area contributed by atoms with Gasteiger partial charge >= 0.3 is 5.97 Å². The van der Waals surface area contributed by atoms with Crippen molar-refractivity contribution in [2.24, 2.45) is 28.8 Å². The molecule has 0 heterocycles. The number of rotatable bonds is 7. The zero-order valence-electron chi connectivity index (χ0n) is 14.7. The van der Waals surface area contributed by atoms with E-state index >= 15 is 0 Å². The minimum Gasteiger partial charge on any atom is -0.469 e. The molecule has 6 nitrogen and oxygen atoms in total. The summed E-state index contributed by atoms with van der Waals surface area (Å²) >= 11 is 0. The fraction of sp³-hybridized carbons (Fsp3) is 0.778. The number of esters is 1. The number of aliphatic hydroxyl groups is 2. The Kier molecular flexibility index (Phi) is 6.80. The molecule has 2 aliphatic carbocycles. The average molecular weight is 339 g/mol. The highest BCUT2D eigenvalue weighted by Crippen LogP contribution is 2.47. The number of fused-ring (bicyclic) bond motifs is 1. The standard InChI is InChI=1S/C18H29NO5/c1-11(2)16(20)5-4-14-15-10-13(8-12(15)9-17(14)21)19-24-7-6-18(22)23-3/h4-5,11-12,14-17,20-21H,6-10H2,1-3H3/b5-4?,19-13+/t12-,14+,15+,16?,17+/m0/s1. The van der Waals surface area contributed by atoms with E-state index in [9.17, 15) is 15.0 Å². The lowest BCUT2D eigenvalue weighted by molar-refractivity contribution is -0.141. The Morgan fingerprint density at radius 1 is 1.42 bits per heavy atom. The van der Waals surface area contributed by atoms with Gasteiger partial charge in [-0.25, -0.2) is 0 Å². The van der Waals surface area contributed by atoms with Crippen molar-refractivity contribution in [2.45, 2.75) is 51.7 Å². The maximum absolute atomic E-state index is 11.0. The molecule has 0 aromatic rings. The van der Waals surface area contributed by atoms with E-state index in [-0.39, 0.29) is 36.9 Å². The Morgan fingerprint density at radius 2 is 2.17 bits per heavy atom. The molecule has 2 fully saturated rings. The van der Waals surface area contributed by atoms with Crippen molar-refractivity contribution in [1.82, 2.24) is 0 Å². The lowest BCUT2D eigenvalue weighted by Crippen LogP contribution is -2.19. The van der Waals surface area contributed by atoms with Gasteiger partial charge in [0.05, 0.1) is 31.5 Å². The second-order valence-electron chi connectivity index (χ2n) is 7.15. The summed E-state index contributed by atoms with van der Waals surface area (Å²) in [5.41, 5.74) is 0.990. The summed E-state index contributed by atoms with van der Waals surface area (Å²) in [5, 5.41) is 24.4. The van der Waals surface area contributed by atoms with Crippen LogP contribution in [-0.4, -0.2) is 47.8 Å². The van der Waals surface area contributed by atoms with Gasteiger partial charge in [0.25, 0.3) is 0 Å². The van der Waals surface area contributed by atoms with Gasteiger partial charge in [0.2, 0.25) is 0 Å². The molecule has 0 aliphatic heterocycles. The van der Waals surface area contributed by atoms with E-state index in [1.54, 1.807) is 0 Å². The smallest absolute Gasteiger partial charge is 0.309 e. The molecule has 0 amide bonds. The zero-order chi connectivity index (χ0) is 17.7. The van der Waals surface area contributed by atoms with Gasteiger partial charge in [-0.2, -0.15) is 0 Å². The first-order chi connectivity index (χ1) is 11.4. The summed E-state index contributed by atoms with van der Waals surface area (Å²) < 4.78 is 4.55. The van der Waals surface area contributed by atoms with Gasteiger partial charge in [0, 0.05) is 5.92 Å². The van der Waals surface area contributed by atoms with Gasteiger partial charge in [0.1, 0.15) is 6.61 Å². The highest BCUT2D eigenvalue weighted by Gasteiger charge is 2.46. The molecule has 0 spiro atoms. The second kappa shape index (κ2) is 8.62. The van der Waals surface area contributed by atoms with Gasteiger partial charge in [-0.05, 0) is 37.0 Å². The van der Waals surface area contributed by atoms with Crippen LogP contribution < -0.4 is 0 Å². The molecule has 2 rings (SSSR count). The van der Waals surface area contributed by atoms with Crippen LogP contribution in [0, 0.1) is 23.7 Å². The first-order valence-corrected chi connectivity index (χ1v) is 8.71. The van der Waals surface area contributed by atoms with Gasteiger partial charge < -0.3 is 19.8 Å². The molecule has 1 unspecified atom stereocenters. The van der Waals surface area contributed by atoms with Crippen LogP contribution in [0.25, 0.3) is 0 Å². The minimum atomic E-state index is -0.479. The van der Waals surface area contributed by atoms with Crippen LogP contribution in [0.15, 0.2) is 17.3 Å². The summed E-state index contributed by atoms with van der Waals surface area (Å²) in [7, 11) is 1.35. The largest absolute Gasteiger partial charge is 0.469 e. The molecule has 24 heavy (non-hydrogen) atoms. The fourth-order valence-corrected chi connectivity index (χ4v) is 3.62. The third kappa shape index (κ3) is 4.80. The van der Waals surface area contributed by atoms with Crippen LogP contribution in [0.2, 0.25) is 0 Å². The summed E-state index contributed by atoms with van der Waals surface area (Å²) in [6, 6.07) is 0. The van der Waals surface area contributed by atoms with E-state index in [2.05, 4.69) is 9.89 Å². The Morgan fingerprint density at radius 3 is 2.83 bits per heavy atom. The Hall–Kier alpha value is -1.40. The lowest BCUT2D eigenvalue weighted by Gasteiger charge is -2.18. The molecule has 0 saturated heterocycles. The summed E-state index contributed by atoms with van der Waals surface area (Å²) in [4.78, 5) is 16.2. The second-order valence-corrected chi connectivity index (χ2v) is 7.15. The molecule has 136 valence electrons. The predicted molar refractivity (Wildman–Crippen MR) is 90.3 cm³/mol. The number of carbonyl (C=O) groups excluding carboxylic acids is 1. The van der Waals surface area contributed by atoms with Crippen molar-refractivity contribution < 1.29 is 24.6 Å². The van der Waals surface area contributed by atoms with Crippen molar-refractivity contribution in [2.75, 3.05) is 13.7 Å². The number of hydrogen-bond acceptors (Lipinski definition) is 6. The third-order valence-corrected chi connectivity index (χ3v) is 5.09. The topological polar surface area (TPSA) is 88.4 Å². The van der Waals surface area contributed by atoms with Crippen LogP contribution in [0.5, 0.6) is 0 Å². The molecule has 2 saturated carbocycles. The van der Waals surface area contributed by atoms with Crippen LogP contribution in [0.1, 0.15) is 39.5 Å². The first kappa shape index (κ1) is 18.9. The van der Waals surface area contributed by atoms with Crippen molar-refractivity contribution in [3.05, 3.63) is 12.2 Å². The normalized spacial score (nSPS) is 32.5. The summed E-state index contributed by atoms with van der Waals surface area (Å²) in [6.07, 6.45) is 5.54. The van der Waals surface area contributed by atoms with Crippen molar-refractivity contribution in [3.8, 4) is 0 Å². The lowest BCUT2D eigenvalue weighted by atomic mass is 9.90. The monoisotopic (exact) mass is 339 g/mol. The summed E-state index contributed by atoms with van der Waals surface area (Å²) in [6.45, 7) is 4.15. The van der Waals surface area contributed by atoms with E-state index in [0.29, 0.717) is 11.8 Å². The molecule has 6 heteroatoms. The molecule has 5 atom stereocenters. The van der Waals surface area contributed by atoms with Crippen LogP contribution >= 0.6 is 0 Å². The SMILES string of the molecule is COC(=O)CCO/N=C1\C[C@H]2C[C@@H](O)[C@H](C=CC(O)C(C)C)[C@@H]2C1. The number of oxime groups is 1. The number of methoxy groups -OCH3 is 1. The van der Waals surface area contributed by atoms with Gasteiger partial charge in [0.15, 0.2) is 0 Å². The molecular formula is C18H29NO5. The maximum Gasteiger partial charge on any atom is 0.309 e. The van der Waals surface area contributed by atoms with E-state index in [4.69, 9.17) is 4.84 Å². The molecule has 0 aromatic carbocycles. The highest BCUT2D eigenvalue weighted by molar-refractivity contribution is 5.86. The van der Waals surface area contributed by atoms with Crippen LogP contribution in [0.3, 0.4) is 0 Å². The first-order valence-electron chi connectivity index (χ1n) is 8.71. The van der Waals surface area contributed by atoms with Crippen molar-refractivity contribution in [3.63, 3.8) is 0 Å². The van der Waals surface area contributed by atoms with Crippen LogP contribution in [0.4, 0.5) is 0 Å². The molecule has 2 aliphatic rings. The van der Waals surface area contributed by atoms with E-state index < -0.39 is 6.10 Å². The molecular weight excluding hydrogens is 310 g/mol. The number of ether oxygens (including phenoxy) is 1. The Bertz CT molecular complexity index is 488. The average Bonchev–Trinajstić information content (AvgIpc) is 3.05. The van der Waals surface area contributed by atoms with Gasteiger partial charge in [-0.3, -0.25) is 4.79 Å². The Balaban J connectivity index is 1.87. The van der Waals surface area contributed by atoms with Gasteiger partial charge in [-0.1, -0.05) is 31.2 Å². The number of nitrogens with zero attached hydrogens (tertiary/aromatic N) is 1. The van der Waals surface area contributed by atoms with E-state index in [0.717, 1.165) is 25.0 Å². The molecule has 0 aromatic heterocycles. The van der Waals surface area contributed by atoms with E-state index in [1.165, 1.54) is 7.11 Å². The predicted octanol–water partition coefficient (Wildman–Crippen LogP) is 1.90. The molecule has 0 radical (unpaired) electrons. The van der Waals surface area contributed by atoms with Crippen molar-refractivity contribution in [1.29, 1.82) is 0 Å². The zero-order valence-corrected chi connectivity index (χ0v) is 14.7. The molecule has 0 bridgehead atoms. The van der Waals surface area contributed by atoms with Gasteiger partial charge in [-0.15, -0.1) is 0 Å². The Labute approximate surface area is 143 Å². The quantitative estimate of drug-likeness (QED) is 0.320. The number of carbonyl (C=O) groups is 1. The fourth-order valence-electron chi connectivity index (χ4n) is 3.62. The van der Waals surface area contributed by atoms with Crippen LogP contribution in [-0.2, 0) is 14.4 Å². The third-order valence-electron chi connectivity index (χ3n) is 5.09. The van der Waals surface area contributed by atoms with Crippen molar-refractivity contribution >= 4 is 11.7 Å². The number of aliphatic hydroxyl groups excluding tert-OH is 2. The highest BCUT2D eigenvalue weighted by atomic mass is 16.6. The number of hydrogen-bond donors (Lipinski definition) is 2. The maximum atomic E-state index is 11.0. The van der Waals surface area contributed by atoms with E-state index in [1.807, 2.05) is 26.0 Å².